The van der Waals surface area contributed by atoms with Crippen LogP contribution in [0.3, 0.4) is 0 Å². The quantitative estimate of drug-likeness (QED) is 0.848. The van der Waals surface area contributed by atoms with Crippen LogP contribution in [0.1, 0.15) is 25.7 Å². The number of amides is 1. The molecule has 3 heterocycles. The number of rotatable bonds is 3. The van der Waals surface area contributed by atoms with Crippen LogP contribution in [-0.2, 0) is 9.53 Å². The zero-order valence-electron chi connectivity index (χ0n) is 12.0. The number of carbonyl (C=O) groups is 1. The molecule has 0 N–H and O–H groups in total. The fraction of sp³-hybridized carbons (Fsp3) is 0.625. The lowest BCUT2D eigenvalue weighted by Crippen LogP contribution is -2.36. The molecule has 0 unspecified atom stereocenters. The molecule has 5 heteroatoms. The molecule has 0 bridgehead atoms. The summed E-state index contributed by atoms with van der Waals surface area (Å²) in [5, 5.41) is 0. The van der Waals surface area contributed by atoms with Crippen LogP contribution in [0.15, 0.2) is 24.5 Å². The maximum Gasteiger partial charge on any atom is 0.225 e. The first-order chi connectivity index (χ1) is 10.2. The minimum atomic E-state index is -0.183. The zero-order valence-corrected chi connectivity index (χ0v) is 12.0. The summed E-state index contributed by atoms with van der Waals surface area (Å²) in [5.41, 5.74) is -0.183. The van der Waals surface area contributed by atoms with E-state index in [-0.39, 0.29) is 11.7 Å². The number of pyridine rings is 1. The van der Waals surface area contributed by atoms with Crippen molar-refractivity contribution in [1.29, 1.82) is 0 Å². The van der Waals surface area contributed by atoms with Crippen molar-refractivity contribution in [1.82, 2.24) is 9.88 Å². The van der Waals surface area contributed by atoms with Crippen molar-refractivity contribution in [3.05, 3.63) is 24.5 Å². The van der Waals surface area contributed by atoms with E-state index in [1.54, 1.807) is 12.4 Å². The third kappa shape index (κ3) is 2.62. The van der Waals surface area contributed by atoms with Crippen LogP contribution >= 0.6 is 0 Å². The second-order valence-electron chi connectivity index (χ2n) is 6.41. The number of ether oxygens (including phenoxy) is 2. The fourth-order valence-electron chi connectivity index (χ4n) is 3.39. The predicted octanol–water partition coefficient (Wildman–Crippen LogP) is 1.63. The number of hydrogen-bond acceptors (Lipinski definition) is 4. The molecule has 2 aliphatic heterocycles. The first-order valence-electron chi connectivity index (χ1n) is 7.74. The minimum Gasteiger partial charge on any atom is -0.486 e. The highest BCUT2D eigenvalue weighted by atomic mass is 16.6. The summed E-state index contributed by atoms with van der Waals surface area (Å²) in [4.78, 5) is 18.2. The van der Waals surface area contributed by atoms with Crippen LogP contribution in [0.5, 0.6) is 5.75 Å². The molecule has 0 aromatic carbocycles. The van der Waals surface area contributed by atoms with Crippen molar-refractivity contribution in [3.63, 3.8) is 0 Å². The van der Waals surface area contributed by atoms with Crippen LogP contribution in [0.25, 0.3) is 0 Å². The summed E-state index contributed by atoms with van der Waals surface area (Å²) in [6.45, 7) is 2.16. The summed E-state index contributed by atoms with van der Waals surface area (Å²) < 4.78 is 12.0. The van der Waals surface area contributed by atoms with Gasteiger partial charge in [0.2, 0.25) is 5.91 Å². The first-order valence-corrected chi connectivity index (χ1v) is 7.74. The molecule has 5 nitrogen and oxygen atoms in total. The van der Waals surface area contributed by atoms with E-state index < -0.39 is 0 Å². The Labute approximate surface area is 124 Å². The molecule has 21 heavy (non-hydrogen) atoms. The average molecular weight is 288 g/mol. The maximum absolute atomic E-state index is 12.2. The first kappa shape index (κ1) is 13.1. The van der Waals surface area contributed by atoms with Gasteiger partial charge in [-0.05, 0) is 31.4 Å². The van der Waals surface area contributed by atoms with Crippen molar-refractivity contribution in [2.24, 2.45) is 5.92 Å². The number of aromatic nitrogens is 1. The predicted molar refractivity (Wildman–Crippen MR) is 75.9 cm³/mol. The van der Waals surface area contributed by atoms with Crippen molar-refractivity contribution >= 4 is 5.91 Å². The summed E-state index contributed by atoms with van der Waals surface area (Å²) >= 11 is 0. The van der Waals surface area contributed by atoms with Crippen LogP contribution in [0.4, 0.5) is 0 Å². The second kappa shape index (κ2) is 4.98. The van der Waals surface area contributed by atoms with Crippen LogP contribution < -0.4 is 4.74 Å². The fourth-order valence-corrected chi connectivity index (χ4v) is 3.39. The Hall–Kier alpha value is -1.62. The molecule has 112 valence electrons. The summed E-state index contributed by atoms with van der Waals surface area (Å²) in [6.07, 6.45) is 7.44. The monoisotopic (exact) mass is 288 g/mol. The largest absolute Gasteiger partial charge is 0.486 e. The Morgan fingerprint density at radius 3 is 3.14 bits per heavy atom. The Kier molecular flexibility index (Phi) is 3.10. The Morgan fingerprint density at radius 1 is 1.48 bits per heavy atom. The van der Waals surface area contributed by atoms with Gasteiger partial charge in [-0.2, -0.15) is 0 Å². The Balaban J connectivity index is 1.36. The molecule has 3 aliphatic rings. The Bertz CT molecular complexity index is 532. The van der Waals surface area contributed by atoms with Gasteiger partial charge in [0.1, 0.15) is 11.9 Å². The summed E-state index contributed by atoms with van der Waals surface area (Å²) in [7, 11) is 0. The minimum absolute atomic E-state index is 0.0603. The van der Waals surface area contributed by atoms with E-state index in [1.807, 2.05) is 17.0 Å². The van der Waals surface area contributed by atoms with Gasteiger partial charge in [0.15, 0.2) is 0 Å². The van der Waals surface area contributed by atoms with Gasteiger partial charge in [0.05, 0.1) is 18.4 Å². The number of likely N-dealkylation sites (tertiary alicyclic amines) is 1. The van der Waals surface area contributed by atoms with Crippen LogP contribution in [-0.4, -0.2) is 47.2 Å². The second-order valence-corrected chi connectivity index (χ2v) is 6.41. The van der Waals surface area contributed by atoms with E-state index in [2.05, 4.69) is 4.98 Å². The molecule has 1 saturated carbocycles. The molecule has 1 aromatic rings. The summed E-state index contributed by atoms with van der Waals surface area (Å²) in [6, 6.07) is 3.78. The van der Waals surface area contributed by atoms with Gasteiger partial charge < -0.3 is 14.4 Å². The lowest BCUT2D eigenvalue weighted by atomic mass is 9.98. The SMILES string of the molecule is O=C(C1CC1)N1CC[C@]2(C[C@@H](Oc3cccnc3)CO2)C1. The van der Waals surface area contributed by atoms with Gasteiger partial charge in [0.25, 0.3) is 0 Å². The van der Waals surface area contributed by atoms with E-state index in [1.165, 1.54) is 0 Å². The molecular weight excluding hydrogens is 268 g/mol. The molecule has 4 rings (SSSR count). The third-order valence-corrected chi connectivity index (χ3v) is 4.67. The number of hydrogen-bond donors (Lipinski definition) is 0. The van der Waals surface area contributed by atoms with E-state index in [9.17, 15) is 4.79 Å². The van der Waals surface area contributed by atoms with Crippen LogP contribution in [0.2, 0.25) is 0 Å². The van der Waals surface area contributed by atoms with Gasteiger partial charge in [-0.1, -0.05) is 0 Å². The van der Waals surface area contributed by atoms with E-state index >= 15 is 0 Å². The van der Waals surface area contributed by atoms with Crippen molar-refractivity contribution in [2.75, 3.05) is 19.7 Å². The van der Waals surface area contributed by atoms with Gasteiger partial charge in [-0.25, -0.2) is 0 Å². The highest BCUT2D eigenvalue weighted by Crippen LogP contribution is 2.39. The van der Waals surface area contributed by atoms with Crippen LogP contribution in [0, 0.1) is 5.92 Å². The molecule has 1 spiro atoms. The molecule has 2 saturated heterocycles. The molecule has 3 fully saturated rings. The van der Waals surface area contributed by atoms with Gasteiger partial charge >= 0.3 is 0 Å². The van der Waals surface area contributed by atoms with Gasteiger partial charge in [0, 0.05) is 31.6 Å². The maximum atomic E-state index is 12.2. The molecule has 1 aliphatic carbocycles. The number of carbonyl (C=O) groups excluding carboxylic acids is 1. The topological polar surface area (TPSA) is 51.7 Å². The Morgan fingerprint density at radius 2 is 2.38 bits per heavy atom. The number of nitrogens with zero attached hydrogens (tertiary/aromatic N) is 2. The average Bonchev–Trinajstić information content (AvgIpc) is 3.17. The molecule has 1 aromatic heterocycles. The van der Waals surface area contributed by atoms with Crippen molar-refractivity contribution < 1.29 is 14.3 Å². The molecule has 1 amide bonds. The van der Waals surface area contributed by atoms with E-state index in [0.29, 0.717) is 18.4 Å². The smallest absolute Gasteiger partial charge is 0.225 e. The normalized spacial score (nSPS) is 31.8. The van der Waals surface area contributed by atoms with E-state index in [0.717, 1.165) is 44.5 Å². The lowest BCUT2D eigenvalue weighted by molar-refractivity contribution is -0.132. The third-order valence-electron chi connectivity index (χ3n) is 4.67. The lowest BCUT2D eigenvalue weighted by Gasteiger charge is -2.23. The standard InChI is InChI=1S/C16H20N2O3/c19-15(12-3-4-12)18-7-5-16(11-18)8-14(10-20-16)21-13-2-1-6-17-9-13/h1-2,6,9,12,14H,3-5,7-8,10-11H2/t14-,16+/m1/s1. The highest BCUT2D eigenvalue weighted by Gasteiger charge is 2.49. The molecule has 0 radical (unpaired) electrons. The molecular formula is C16H20N2O3. The van der Waals surface area contributed by atoms with Crippen molar-refractivity contribution in [3.8, 4) is 5.75 Å². The van der Waals surface area contributed by atoms with Gasteiger partial charge in [-0.15, -0.1) is 0 Å². The zero-order chi connectivity index (χ0) is 14.3. The highest BCUT2D eigenvalue weighted by molar-refractivity contribution is 5.81. The molecule has 2 atom stereocenters. The van der Waals surface area contributed by atoms with Gasteiger partial charge in [-0.3, -0.25) is 9.78 Å². The van der Waals surface area contributed by atoms with Crippen molar-refractivity contribution in [2.45, 2.75) is 37.4 Å². The van der Waals surface area contributed by atoms with E-state index in [4.69, 9.17) is 9.47 Å². The summed E-state index contributed by atoms with van der Waals surface area (Å²) in [5.74, 6) is 1.41.